The van der Waals surface area contributed by atoms with Crippen LogP contribution in [0, 0.1) is 0 Å². The lowest BCUT2D eigenvalue weighted by Gasteiger charge is -2.36. The Balaban J connectivity index is 2.71. The number of benzene rings is 1. The summed E-state index contributed by atoms with van der Waals surface area (Å²) in [4.78, 5) is 0. The number of halogens is 6. The van der Waals surface area contributed by atoms with E-state index in [0.29, 0.717) is 10.0 Å². The molecule has 0 saturated carbocycles. The zero-order valence-corrected chi connectivity index (χ0v) is 14.0. The van der Waals surface area contributed by atoms with Crippen molar-refractivity contribution in [2.45, 2.75) is 25.1 Å². The first-order valence-electron chi connectivity index (χ1n) is 5.88. The van der Waals surface area contributed by atoms with Gasteiger partial charge in [0.25, 0.3) is 0 Å². The second kappa shape index (κ2) is 5.56. The van der Waals surface area contributed by atoms with Crippen LogP contribution >= 0.6 is 39.1 Å². The minimum atomic E-state index is -4.57. The highest BCUT2D eigenvalue weighted by Gasteiger charge is 2.56. The number of methoxy groups -OCH3 is 1. The molecule has 2 rings (SSSR count). The number of rotatable bonds is 2. The van der Waals surface area contributed by atoms with Gasteiger partial charge in [-0.25, -0.2) is 0 Å². The normalized spacial score (nSPS) is 21.0. The lowest BCUT2D eigenvalue weighted by Crippen LogP contribution is -2.49. The van der Waals surface area contributed by atoms with Gasteiger partial charge in [-0.15, -0.1) is 0 Å². The predicted octanol–water partition coefficient (Wildman–Crippen LogP) is 5.88. The molecule has 8 heteroatoms. The molecule has 0 aromatic heterocycles. The fourth-order valence-corrected chi connectivity index (χ4v) is 3.12. The van der Waals surface area contributed by atoms with Crippen molar-refractivity contribution < 1.29 is 22.6 Å². The number of hydrogen-bond acceptors (Lipinski definition) is 2. The van der Waals surface area contributed by atoms with Crippen molar-refractivity contribution >= 4 is 45.2 Å². The van der Waals surface area contributed by atoms with Crippen molar-refractivity contribution in [2.24, 2.45) is 0 Å². The lowest BCUT2D eigenvalue weighted by molar-refractivity contribution is -0.230. The van der Waals surface area contributed by atoms with E-state index in [1.807, 2.05) is 0 Å². The van der Waals surface area contributed by atoms with Gasteiger partial charge in [0, 0.05) is 10.0 Å². The van der Waals surface area contributed by atoms with E-state index in [1.54, 1.807) is 0 Å². The van der Waals surface area contributed by atoms with E-state index in [2.05, 4.69) is 15.9 Å². The van der Waals surface area contributed by atoms with Crippen LogP contribution in [0.1, 0.15) is 18.9 Å². The van der Waals surface area contributed by atoms with Gasteiger partial charge in [-0.05, 0) is 34.5 Å². The van der Waals surface area contributed by atoms with Crippen LogP contribution in [0.3, 0.4) is 0 Å². The highest BCUT2D eigenvalue weighted by molar-refractivity contribution is 9.10. The molecule has 1 aliphatic rings. The molecule has 0 fully saturated rings. The van der Waals surface area contributed by atoms with Gasteiger partial charge in [-0.2, -0.15) is 13.2 Å². The Kier molecular flexibility index (Phi) is 4.44. The maximum Gasteiger partial charge on any atom is 0.432 e. The van der Waals surface area contributed by atoms with Gasteiger partial charge in [-0.3, -0.25) is 0 Å². The highest BCUT2D eigenvalue weighted by atomic mass is 79.9. The van der Waals surface area contributed by atoms with Crippen molar-refractivity contribution in [3.05, 3.63) is 26.2 Å². The molecule has 0 saturated heterocycles. The summed E-state index contributed by atoms with van der Waals surface area (Å²) >= 11 is 15.2. The van der Waals surface area contributed by atoms with Gasteiger partial charge >= 0.3 is 6.18 Å². The Morgan fingerprint density at radius 3 is 2.43 bits per heavy atom. The zero-order chi connectivity index (χ0) is 16.0. The molecular formula is C13H10BrCl2F3O2. The largest absolute Gasteiger partial charge is 0.491 e. The first-order valence-corrected chi connectivity index (χ1v) is 7.42. The summed E-state index contributed by atoms with van der Waals surface area (Å²) in [7, 11) is 1.29. The lowest BCUT2D eigenvalue weighted by atomic mass is 9.94. The van der Waals surface area contributed by atoms with E-state index in [4.69, 9.17) is 32.7 Å². The van der Waals surface area contributed by atoms with Crippen LogP contribution in [-0.4, -0.2) is 18.9 Å². The first kappa shape index (κ1) is 16.8. The highest BCUT2D eigenvalue weighted by Crippen LogP contribution is 2.53. The van der Waals surface area contributed by atoms with Crippen molar-refractivity contribution in [3.8, 4) is 11.5 Å². The van der Waals surface area contributed by atoms with Crippen LogP contribution in [-0.2, 0) is 0 Å². The van der Waals surface area contributed by atoms with Gasteiger partial charge < -0.3 is 9.47 Å². The SMILES string of the molecule is CCC1(C(F)(F)F)C=Cc2c(Br)c(Cl)c(Cl)c(OC)c2O1. The minimum absolute atomic E-state index is 0.00716. The van der Waals surface area contributed by atoms with E-state index in [-0.39, 0.29) is 28.0 Å². The van der Waals surface area contributed by atoms with Crippen molar-refractivity contribution in [1.29, 1.82) is 0 Å². The second-order valence-corrected chi connectivity index (χ2v) is 5.94. The molecule has 21 heavy (non-hydrogen) atoms. The number of hydrogen-bond donors (Lipinski definition) is 0. The molecule has 0 spiro atoms. The molecule has 0 bridgehead atoms. The Morgan fingerprint density at radius 2 is 1.95 bits per heavy atom. The van der Waals surface area contributed by atoms with Crippen LogP contribution in [0.5, 0.6) is 11.5 Å². The number of alkyl halides is 3. The van der Waals surface area contributed by atoms with Crippen LogP contribution < -0.4 is 9.47 Å². The Hall–Kier alpha value is -0.590. The molecule has 0 aliphatic carbocycles. The zero-order valence-electron chi connectivity index (χ0n) is 10.9. The summed E-state index contributed by atoms with van der Waals surface area (Å²) in [6.07, 6.45) is -2.57. The maximum absolute atomic E-state index is 13.3. The Labute approximate surface area is 137 Å². The summed E-state index contributed by atoms with van der Waals surface area (Å²) < 4.78 is 50.6. The average Bonchev–Trinajstić information content (AvgIpc) is 2.43. The molecule has 1 aromatic carbocycles. The van der Waals surface area contributed by atoms with Crippen LogP contribution in [0.25, 0.3) is 6.08 Å². The topological polar surface area (TPSA) is 18.5 Å². The smallest absolute Gasteiger partial charge is 0.432 e. The van der Waals surface area contributed by atoms with E-state index in [1.165, 1.54) is 20.1 Å². The fourth-order valence-electron chi connectivity index (χ4n) is 2.05. The van der Waals surface area contributed by atoms with Crippen molar-refractivity contribution in [2.75, 3.05) is 7.11 Å². The molecule has 0 radical (unpaired) electrons. The van der Waals surface area contributed by atoms with Crippen molar-refractivity contribution in [3.63, 3.8) is 0 Å². The quantitative estimate of drug-likeness (QED) is 0.572. The minimum Gasteiger partial charge on any atom is -0.491 e. The monoisotopic (exact) mass is 404 g/mol. The molecule has 1 aromatic rings. The molecule has 1 atom stereocenters. The summed E-state index contributed by atoms with van der Waals surface area (Å²) in [6, 6.07) is 0. The molecule has 1 heterocycles. The summed E-state index contributed by atoms with van der Waals surface area (Å²) in [5.74, 6) is -0.105. The number of fused-ring (bicyclic) bond motifs is 1. The van der Waals surface area contributed by atoms with E-state index >= 15 is 0 Å². The maximum atomic E-state index is 13.3. The first-order chi connectivity index (χ1) is 9.68. The molecule has 116 valence electrons. The van der Waals surface area contributed by atoms with Gasteiger partial charge in [0.15, 0.2) is 11.5 Å². The third kappa shape index (κ3) is 2.51. The average molecular weight is 406 g/mol. The summed E-state index contributed by atoms with van der Waals surface area (Å²) in [6.45, 7) is 1.39. The molecule has 1 aliphatic heterocycles. The van der Waals surface area contributed by atoms with Crippen LogP contribution in [0.15, 0.2) is 10.5 Å². The fraction of sp³-hybridized carbons (Fsp3) is 0.385. The van der Waals surface area contributed by atoms with Gasteiger partial charge in [0.1, 0.15) is 5.02 Å². The summed E-state index contributed by atoms with van der Waals surface area (Å²) in [5.41, 5.74) is -2.06. The third-order valence-corrected chi connectivity index (χ3v) is 5.17. The van der Waals surface area contributed by atoms with E-state index in [9.17, 15) is 13.2 Å². The third-order valence-electron chi connectivity index (χ3n) is 3.28. The van der Waals surface area contributed by atoms with Crippen LogP contribution in [0.2, 0.25) is 10.0 Å². The van der Waals surface area contributed by atoms with Gasteiger partial charge in [-0.1, -0.05) is 30.1 Å². The van der Waals surface area contributed by atoms with Gasteiger partial charge in [0.05, 0.1) is 12.1 Å². The Bertz CT molecular complexity index is 617. The number of ether oxygens (including phenoxy) is 2. The summed E-state index contributed by atoms with van der Waals surface area (Å²) in [5, 5.41) is 0.142. The predicted molar refractivity (Wildman–Crippen MR) is 79.5 cm³/mol. The van der Waals surface area contributed by atoms with E-state index < -0.39 is 11.8 Å². The molecule has 2 nitrogen and oxygen atoms in total. The van der Waals surface area contributed by atoms with Crippen molar-refractivity contribution in [1.82, 2.24) is 0 Å². The van der Waals surface area contributed by atoms with E-state index in [0.717, 1.165) is 6.08 Å². The molecular weight excluding hydrogens is 396 g/mol. The standard InChI is InChI=1S/C13H10BrCl2F3O2/c1-3-12(13(17,18)19)5-4-6-7(14)8(15)9(16)11(20-2)10(6)21-12/h4-5H,3H2,1-2H3. The van der Waals surface area contributed by atoms with Crippen LogP contribution in [0.4, 0.5) is 13.2 Å². The molecule has 1 unspecified atom stereocenters. The second-order valence-electron chi connectivity index (χ2n) is 4.39. The molecule has 0 amide bonds. The Morgan fingerprint density at radius 1 is 1.33 bits per heavy atom. The molecule has 0 N–H and O–H groups in total. The van der Waals surface area contributed by atoms with Gasteiger partial charge in [0.2, 0.25) is 5.60 Å².